The van der Waals surface area contributed by atoms with Crippen LogP contribution < -0.4 is 20.1 Å². The normalized spacial score (nSPS) is 15.9. The number of aromatic nitrogens is 3. The Hall–Kier alpha value is -3.46. The largest absolute Gasteiger partial charge is 0.496 e. The van der Waals surface area contributed by atoms with E-state index in [4.69, 9.17) is 9.47 Å². The first-order chi connectivity index (χ1) is 16.5. The summed E-state index contributed by atoms with van der Waals surface area (Å²) in [6.07, 6.45) is 2.33. The molecule has 0 saturated carbocycles. The molecule has 8 nitrogen and oxygen atoms in total. The summed E-state index contributed by atoms with van der Waals surface area (Å²) in [5.41, 5.74) is 2.29. The highest BCUT2D eigenvalue weighted by atomic mass is 19.1. The monoisotopic (exact) mass is 467 g/mol. The lowest BCUT2D eigenvalue weighted by Gasteiger charge is -2.35. The Bertz CT molecular complexity index is 1210. The van der Waals surface area contributed by atoms with Gasteiger partial charge in [-0.15, -0.1) is 0 Å². The maximum absolute atomic E-state index is 14.3. The Morgan fingerprint density at radius 2 is 2.03 bits per heavy atom. The first-order valence-corrected chi connectivity index (χ1v) is 11.4. The Morgan fingerprint density at radius 1 is 1.24 bits per heavy atom. The summed E-state index contributed by atoms with van der Waals surface area (Å²) in [6, 6.07) is 9.01. The molecule has 1 fully saturated rings. The van der Waals surface area contributed by atoms with Crippen molar-refractivity contribution in [3.63, 3.8) is 0 Å². The van der Waals surface area contributed by atoms with Crippen LogP contribution in [0.1, 0.15) is 25.5 Å². The van der Waals surface area contributed by atoms with Crippen LogP contribution in [-0.2, 0) is 11.8 Å². The second kappa shape index (κ2) is 10.2. The third-order valence-electron chi connectivity index (χ3n) is 6.20. The molecular weight excluding hydrogens is 437 g/mol. The summed E-state index contributed by atoms with van der Waals surface area (Å²) in [7, 11) is 3.32. The Morgan fingerprint density at radius 3 is 2.74 bits per heavy atom. The maximum Gasteiger partial charge on any atom is 0.255 e. The van der Waals surface area contributed by atoms with E-state index in [1.165, 1.54) is 22.9 Å². The average molecular weight is 468 g/mol. The lowest BCUT2D eigenvalue weighted by molar-refractivity contribution is 0.0374. The standard InChI is InChI=1S/C25H30FN5O3/c1-5-30(6-2)17-7-8-19(22(13-17)33-4)23-16-31(11-12-34-23)25-28-21(14-24(32)29(25)3)18-9-10-27-15-20(18)26/h7-10,13-15,23H,5-6,11-12,16H2,1-4H3/t23-/m1/s1. The Balaban J connectivity index is 1.66. The fourth-order valence-corrected chi connectivity index (χ4v) is 4.30. The van der Waals surface area contributed by atoms with Gasteiger partial charge in [0.15, 0.2) is 5.82 Å². The third kappa shape index (κ3) is 4.61. The number of hydrogen-bond donors (Lipinski definition) is 0. The van der Waals surface area contributed by atoms with E-state index in [2.05, 4.69) is 34.8 Å². The number of rotatable bonds is 7. The van der Waals surface area contributed by atoms with Crippen molar-refractivity contribution < 1.29 is 13.9 Å². The number of nitrogens with zero attached hydrogens (tertiary/aromatic N) is 5. The molecule has 1 aromatic carbocycles. The summed E-state index contributed by atoms with van der Waals surface area (Å²) in [6.45, 7) is 7.53. The molecule has 3 aromatic rings. The topological polar surface area (TPSA) is 72.7 Å². The molecule has 34 heavy (non-hydrogen) atoms. The smallest absolute Gasteiger partial charge is 0.255 e. The molecular formula is C25H30FN5O3. The van der Waals surface area contributed by atoms with Crippen LogP contribution in [0.25, 0.3) is 11.3 Å². The zero-order chi connectivity index (χ0) is 24.2. The molecule has 0 aliphatic carbocycles. The van der Waals surface area contributed by atoms with Crippen LogP contribution in [0.15, 0.2) is 47.5 Å². The average Bonchev–Trinajstić information content (AvgIpc) is 2.86. The molecule has 1 aliphatic rings. The number of hydrogen-bond acceptors (Lipinski definition) is 7. The quantitative estimate of drug-likeness (QED) is 0.527. The molecule has 1 saturated heterocycles. The summed E-state index contributed by atoms with van der Waals surface area (Å²) in [4.78, 5) is 25.4. The highest BCUT2D eigenvalue weighted by Crippen LogP contribution is 2.34. The van der Waals surface area contributed by atoms with Gasteiger partial charge in [0.05, 0.1) is 32.2 Å². The van der Waals surface area contributed by atoms with Crippen molar-refractivity contribution in [2.45, 2.75) is 20.0 Å². The van der Waals surface area contributed by atoms with Gasteiger partial charge in [0.25, 0.3) is 5.56 Å². The molecule has 1 atom stereocenters. The number of pyridine rings is 1. The van der Waals surface area contributed by atoms with Crippen molar-refractivity contribution in [2.24, 2.45) is 7.05 Å². The van der Waals surface area contributed by atoms with Gasteiger partial charge in [-0.2, -0.15) is 0 Å². The minimum atomic E-state index is -0.521. The van der Waals surface area contributed by atoms with E-state index in [-0.39, 0.29) is 22.9 Å². The fraction of sp³-hybridized carbons (Fsp3) is 0.400. The Kier molecular flexibility index (Phi) is 7.12. The Labute approximate surface area is 198 Å². The predicted molar refractivity (Wildman–Crippen MR) is 130 cm³/mol. The minimum absolute atomic E-state index is 0.243. The van der Waals surface area contributed by atoms with Crippen LogP contribution in [0.3, 0.4) is 0 Å². The van der Waals surface area contributed by atoms with Crippen LogP contribution in [0.2, 0.25) is 0 Å². The van der Waals surface area contributed by atoms with E-state index < -0.39 is 5.82 Å². The number of ether oxygens (including phenoxy) is 2. The van der Waals surface area contributed by atoms with Gasteiger partial charge < -0.3 is 19.3 Å². The van der Waals surface area contributed by atoms with Crippen LogP contribution in [0.5, 0.6) is 5.75 Å². The molecule has 4 rings (SSSR count). The number of anilines is 2. The summed E-state index contributed by atoms with van der Waals surface area (Å²) in [5.74, 6) is 0.698. The van der Waals surface area contributed by atoms with E-state index in [0.717, 1.165) is 36.3 Å². The van der Waals surface area contributed by atoms with Crippen LogP contribution in [-0.4, -0.2) is 54.4 Å². The molecule has 0 unspecified atom stereocenters. The molecule has 0 N–H and O–H groups in total. The fourth-order valence-electron chi connectivity index (χ4n) is 4.30. The highest BCUT2D eigenvalue weighted by Gasteiger charge is 2.28. The maximum atomic E-state index is 14.3. The van der Waals surface area contributed by atoms with Crippen molar-refractivity contribution in [3.05, 3.63) is 64.5 Å². The predicted octanol–water partition coefficient (Wildman–Crippen LogP) is 3.41. The molecule has 180 valence electrons. The molecule has 0 amide bonds. The number of morpholine rings is 1. The highest BCUT2D eigenvalue weighted by molar-refractivity contribution is 5.60. The van der Waals surface area contributed by atoms with Gasteiger partial charge in [0.1, 0.15) is 11.9 Å². The van der Waals surface area contributed by atoms with E-state index in [0.29, 0.717) is 25.6 Å². The molecule has 3 heterocycles. The van der Waals surface area contributed by atoms with E-state index in [1.807, 2.05) is 17.0 Å². The zero-order valence-corrected chi connectivity index (χ0v) is 20.0. The second-order valence-corrected chi connectivity index (χ2v) is 8.10. The van der Waals surface area contributed by atoms with Crippen LogP contribution in [0, 0.1) is 5.82 Å². The zero-order valence-electron chi connectivity index (χ0n) is 20.0. The van der Waals surface area contributed by atoms with Gasteiger partial charge in [0.2, 0.25) is 5.95 Å². The minimum Gasteiger partial charge on any atom is -0.496 e. The van der Waals surface area contributed by atoms with Gasteiger partial charge in [-0.25, -0.2) is 9.37 Å². The summed E-state index contributed by atoms with van der Waals surface area (Å²) < 4.78 is 27.6. The summed E-state index contributed by atoms with van der Waals surface area (Å²) >= 11 is 0. The van der Waals surface area contributed by atoms with Crippen molar-refractivity contribution in [2.75, 3.05) is 49.7 Å². The lowest BCUT2D eigenvalue weighted by Crippen LogP contribution is -2.41. The van der Waals surface area contributed by atoms with Crippen LogP contribution >= 0.6 is 0 Å². The molecule has 1 aliphatic heterocycles. The van der Waals surface area contributed by atoms with Crippen molar-refractivity contribution in [1.29, 1.82) is 0 Å². The molecule has 2 aromatic heterocycles. The van der Waals surface area contributed by atoms with E-state index >= 15 is 0 Å². The third-order valence-corrected chi connectivity index (χ3v) is 6.20. The second-order valence-electron chi connectivity index (χ2n) is 8.10. The van der Waals surface area contributed by atoms with Gasteiger partial charge >= 0.3 is 0 Å². The molecule has 0 bridgehead atoms. The van der Waals surface area contributed by atoms with Gasteiger partial charge in [0, 0.05) is 61.8 Å². The van der Waals surface area contributed by atoms with Gasteiger partial charge in [-0.1, -0.05) is 6.07 Å². The molecule has 0 spiro atoms. The van der Waals surface area contributed by atoms with Crippen LogP contribution in [0.4, 0.5) is 16.0 Å². The van der Waals surface area contributed by atoms with Gasteiger partial charge in [-0.3, -0.25) is 14.3 Å². The van der Waals surface area contributed by atoms with Crippen molar-refractivity contribution in [3.8, 4) is 17.0 Å². The van der Waals surface area contributed by atoms with Crippen molar-refractivity contribution >= 4 is 11.6 Å². The SMILES string of the molecule is CCN(CC)c1ccc([C@H]2CN(c3nc(-c4ccncc4F)cc(=O)n3C)CCO2)c(OC)c1. The number of halogens is 1. The number of benzene rings is 1. The lowest BCUT2D eigenvalue weighted by atomic mass is 10.1. The number of methoxy groups -OCH3 is 1. The molecule has 9 heteroatoms. The molecule has 0 radical (unpaired) electrons. The first kappa shape index (κ1) is 23.7. The van der Waals surface area contributed by atoms with E-state index in [1.54, 1.807) is 14.2 Å². The van der Waals surface area contributed by atoms with Gasteiger partial charge in [-0.05, 0) is 26.0 Å². The van der Waals surface area contributed by atoms with E-state index in [9.17, 15) is 9.18 Å². The summed E-state index contributed by atoms with van der Waals surface area (Å²) in [5, 5.41) is 0. The first-order valence-electron chi connectivity index (χ1n) is 11.4. The van der Waals surface area contributed by atoms with Crippen molar-refractivity contribution in [1.82, 2.24) is 14.5 Å².